The van der Waals surface area contributed by atoms with E-state index in [0.717, 1.165) is 16.2 Å². The molecule has 0 fully saturated rings. The SMILES string of the molecule is O=C(CSc1ccc(Br)cn1)NCC(F)(F)F. The highest BCUT2D eigenvalue weighted by Crippen LogP contribution is 2.17. The van der Waals surface area contributed by atoms with E-state index in [0.29, 0.717) is 5.03 Å². The Labute approximate surface area is 108 Å². The van der Waals surface area contributed by atoms with Crippen LogP contribution in [0.15, 0.2) is 27.8 Å². The molecule has 0 saturated carbocycles. The molecule has 1 heterocycles. The minimum absolute atomic E-state index is 0.0925. The molecule has 0 saturated heterocycles. The normalized spacial score (nSPS) is 11.3. The lowest BCUT2D eigenvalue weighted by molar-refractivity contribution is -0.136. The molecule has 0 aliphatic heterocycles. The van der Waals surface area contributed by atoms with E-state index in [1.54, 1.807) is 23.6 Å². The summed E-state index contributed by atoms with van der Waals surface area (Å²) in [6, 6.07) is 3.41. The van der Waals surface area contributed by atoms with Crippen LogP contribution < -0.4 is 5.32 Å². The van der Waals surface area contributed by atoms with Gasteiger partial charge in [-0.1, -0.05) is 11.8 Å². The number of hydrogen-bond donors (Lipinski definition) is 1. The first-order valence-electron chi connectivity index (χ1n) is 4.44. The van der Waals surface area contributed by atoms with Gasteiger partial charge in [-0.15, -0.1) is 0 Å². The lowest BCUT2D eigenvalue weighted by Gasteiger charge is -2.07. The molecule has 94 valence electrons. The fourth-order valence-electron chi connectivity index (χ4n) is 0.837. The Morgan fingerprint density at radius 2 is 2.18 bits per heavy atom. The molecule has 1 aromatic rings. The maximum absolute atomic E-state index is 11.8. The van der Waals surface area contributed by atoms with Crippen molar-refractivity contribution in [3.05, 3.63) is 22.8 Å². The number of hydrogen-bond acceptors (Lipinski definition) is 3. The topological polar surface area (TPSA) is 42.0 Å². The van der Waals surface area contributed by atoms with E-state index in [4.69, 9.17) is 0 Å². The van der Waals surface area contributed by atoms with Crippen LogP contribution in [-0.2, 0) is 4.79 Å². The Kier molecular flexibility index (Phi) is 5.26. The molecule has 0 bridgehead atoms. The Balaban J connectivity index is 2.31. The molecule has 0 aromatic carbocycles. The third kappa shape index (κ3) is 6.52. The zero-order valence-electron chi connectivity index (χ0n) is 8.42. The highest BCUT2D eigenvalue weighted by Gasteiger charge is 2.27. The quantitative estimate of drug-likeness (QED) is 0.864. The molecule has 0 radical (unpaired) electrons. The van der Waals surface area contributed by atoms with E-state index >= 15 is 0 Å². The number of carbonyl (C=O) groups is 1. The molecule has 0 atom stereocenters. The number of nitrogens with zero attached hydrogens (tertiary/aromatic N) is 1. The first-order valence-corrected chi connectivity index (χ1v) is 6.22. The lowest BCUT2D eigenvalue weighted by Crippen LogP contribution is -2.34. The van der Waals surface area contributed by atoms with Crippen molar-refractivity contribution in [3.63, 3.8) is 0 Å². The van der Waals surface area contributed by atoms with E-state index in [-0.39, 0.29) is 5.75 Å². The summed E-state index contributed by atoms with van der Waals surface area (Å²) in [7, 11) is 0. The number of rotatable bonds is 4. The Bertz CT molecular complexity index is 383. The molecule has 1 rings (SSSR count). The Hall–Kier alpha value is -0.760. The van der Waals surface area contributed by atoms with Gasteiger partial charge in [-0.05, 0) is 28.1 Å². The summed E-state index contributed by atoms with van der Waals surface area (Å²) in [5, 5.41) is 2.36. The zero-order valence-corrected chi connectivity index (χ0v) is 10.8. The van der Waals surface area contributed by atoms with Crippen molar-refractivity contribution in [3.8, 4) is 0 Å². The highest BCUT2D eigenvalue weighted by molar-refractivity contribution is 9.10. The maximum atomic E-state index is 11.8. The van der Waals surface area contributed by atoms with E-state index in [1.165, 1.54) is 0 Å². The first-order chi connectivity index (χ1) is 7.87. The van der Waals surface area contributed by atoms with Gasteiger partial charge in [0.2, 0.25) is 5.91 Å². The number of halogens is 4. The van der Waals surface area contributed by atoms with Gasteiger partial charge in [0, 0.05) is 10.7 Å². The smallest absolute Gasteiger partial charge is 0.346 e. The Morgan fingerprint density at radius 1 is 1.47 bits per heavy atom. The molecule has 0 spiro atoms. The van der Waals surface area contributed by atoms with Crippen LogP contribution in [0.5, 0.6) is 0 Å². The molecule has 0 unspecified atom stereocenters. The molecule has 1 N–H and O–H groups in total. The third-order valence-corrected chi connectivity index (χ3v) is 2.95. The predicted molar refractivity (Wildman–Crippen MR) is 61.7 cm³/mol. The molecule has 3 nitrogen and oxygen atoms in total. The average Bonchev–Trinajstić information content (AvgIpc) is 2.25. The Morgan fingerprint density at radius 3 is 2.71 bits per heavy atom. The number of amides is 1. The van der Waals surface area contributed by atoms with Crippen LogP contribution in [0, 0.1) is 0 Å². The van der Waals surface area contributed by atoms with E-state index in [2.05, 4.69) is 20.9 Å². The van der Waals surface area contributed by atoms with Gasteiger partial charge < -0.3 is 5.32 Å². The van der Waals surface area contributed by atoms with Crippen molar-refractivity contribution >= 4 is 33.6 Å². The molecule has 17 heavy (non-hydrogen) atoms. The van der Waals surface area contributed by atoms with Crippen molar-refractivity contribution < 1.29 is 18.0 Å². The van der Waals surface area contributed by atoms with Gasteiger partial charge in [-0.2, -0.15) is 13.2 Å². The number of pyridine rings is 1. The van der Waals surface area contributed by atoms with Gasteiger partial charge in [0.05, 0.1) is 10.8 Å². The second-order valence-corrected chi connectivity index (χ2v) is 4.91. The van der Waals surface area contributed by atoms with Crippen molar-refractivity contribution in [2.45, 2.75) is 11.2 Å². The van der Waals surface area contributed by atoms with Gasteiger partial charge in [0.15, 0.2) is 0 Å². The monoisotopic (exact) mass is 328 g/mol. The molecular weight excluding hydrogens is 321 g/mol. The van der Waals surface area contributed by atoms with E-state index < -0.39 is 18.6 Å². The van der Waals surface area contributed by atoms with E-state index in [9.17, 15) is 18.0 Å². The molecule has 0 aliphatic rings. The summed E-state index contributed by atoms with van der Waals surface area (Å²) in [4.78, 5) is 15.0. The molecule has 1 aromatic heterocycles. The predicted octanol–water partition coefficient (Wildman–Crippen LogP) is 2.61. The standard InChI is InChI=1S/C9H8BrF3N2OS/c10-6-1-2-8(14-3-6)17-4-7(16)15-5-9(11,12)13/h1-3H,4-5H2,(H,15,16). The van der Waals surface area contributed by atoms with Crippen molar-refractivity contribution in [1.29, 1.82) is 0 Å². The van der Waals surface area contributed by atoms with Crippen LogP contribution in [0.25, 0.3) is 0 Å². The van der Waals surface area contributed by atoms with Gasteiger partial charge in [0.25, 0.3) is 0 Å². The van der Waals surface area contributed by atoms with Crippen LogP contribution in [0.2, 0.25) is 0 Å². The summed E-state index contributed by atoms with van der Waals surface area (Å²) in [6.45, 7) is -1.31. The number of alkyl halides is 3. The van der Waals surface area contributed by atoms with Crippen LogP contribution in [0.1, 0.15) is 0 Å². The number of nitrogens with one attached hydrogen (secondary N) is 1. The van der Waals surface area contributed by atoms with E-state index in [1.807, 2.05) is 0 Å². The van der Waals surface area contributed by atoms with Crippen LogP contribution in [0.4, 0.5) is 13.2 Å². The fourth-order valence-corrected chi connectivity index (χ4v) is 1.74. The number of thioether (sulfide) groups is 1. The minimum Gasteiger partial charge on any atom is -0.346 e. The van der Waals surface area contributed by atoms with Crippen LogP contribution >= 0.6 is 27.7 Å². The van der Waals surface area contributed by atoms with Gasteiger partial charge in [-0.3, -0.25) is 4.79 Å². The molecule has 1 amide bonds. The summed E-state index contributed by atoms with van der Waals surface area (Å²) in [5.41, 5.74) is 0. The van der Waals surface area contributed by atoms with Crippen molar-refractivity contribution in [2.75, 3.05) is 12.3 Å². The van der Waals surface area contributed by atoms with Crippen LogP contribution in [0.3, 0.4) is 0 Å². The number of aromatic nitrogens is 1. The van der Waals surface area contributed by atoms with Gasteiger partial charge >= 0.3 is 6.18 Å². The highest BCUT2D eigenvalue weighted by atomic mass is 79.9. The average molecular weight is 329 g/mol. The molecule has 8 heteroatoms. The summed E-state index contributed by atoms with van der Waals surface area (Å²) in [6.07, 6.45) is -2.83. The van der Waals surface area contributed by atoms with Crippen molar-refractivity contribution in [2.24, 2.45) is 0 Å². The summed E-state index contributed by atoms with van der Waals surface area (Å²) >= 11 is 4.27. The first kappa shape index (κ1) is 14.3. The fraction of sp³-hybridized carbons (Fsp3) is 0.333. The largest absolute Gasteiger partial charge is 0.405 e. The second kappa shape index (κ2) is 6.25. The lowest BCUT2D eigenvalue weighted by atomic mass is 10.5. The third-order valence-electron chi connectivity index (χ3n) is 1.54. The number of carbonyl (C=O) groups excluding carboxylic acids is 1. The minimum atomic E-state index is -4.38. The zero-order chi connectivity index (χ0) is 12.9. The van der Waals surface area contributed by atoms with Crippen molar-refractivity contribution in [1.82, 2.24) is 10.3 Å². The van der Waals surface area contributed by atoms with Gasteiger partial charge in [0.1, 0.15) is 6.54 Å². The second-order valence-electron chi connectivity index (χ2n) is 3.00. The van der Waals surface area contributed by atoms with Crippen LogP contribution in [-0.4, -0.2) is 29.4 Å². The molecular formula is C9H8BrF3N2OS. The molecule has 0 aliphatic carbocycles. The summed E-state index contributed by atoms with van der Waals surface area (Å²) in [5.74, 6) is -0.762. The maximum Gasteiger partial charge on any atom is 0.405 e. The summed E-state index contributed by atoms with van der Waals surface area (Å²) < 4.78 is 36.1. The van der Waals surface area contributed by atoms with Gasteiger partial charge in [-0.25, -0.2) is 4.98 Å².